The molecule has 0 spiro atoms. The van der Waals surface area contributed by atoms with Crippen LogP contribution in [-0.2, 0) is 16.0 Å². The number of benzene rings is 2. The molecular weight excluding hydrogens is 392 g/mol. The highest BCUT2D eigenvalue weighted by Gasteiger charge is 2.35. The smallest absolute Gasteiger partial charge is 0.307 e. The highest BCUT2D eigenvalue weighted by Crippen LogP contribution is 2.24. The maximum absolute atomic E-state index is 12.3. The molecule has 0 aliphatic carbocycles. The van der Waals surface area contributed by atoms with Gasteiger partial charge in [-0.2, -0.15) is 0 Å². The summed E-state index contributed by atoms with van der Waals surface area (Å²) in [6.07, 6.45) is 3.32. The SMILES string of the molecule is O=C(CCN1C(=O)c2ccccc2C1=O)OCCCc1c[nH]c2ccc(Cl)cc12. The second kappa shape index (κ2) is 8.09. The number of aromatic nitrogens is 1. The van der Waals surface area contributed by atoms with Crippen LogP contribution in [0.5, 0.6) is 0 Å². The van der Waals surface area contributed by atoms with E-state index in [1.54, 1.807) is 24.3 Å². The van der Waals surface area contributed by atoms with Gasteiger partial charge in [0.2, 0.25) is 0 Å². The topological polar surface area (TPSA) is 79.5 Å². The number of halogens is 1. The molecule has 6 nitrogen and oxygen atoms in total. The Balaban J connectivity index is 1.23. The van der Waals surface area contributed by atoms with E-state index < -0.39 is 5.97 Å². The van der Waals surface area contributed by atoms with E-state index in [0.29, 0.717) is 22.6 Å². The lowest BCUT2D eigenvalue weighted by atomic mass is 10.1. The number of imide groups is 1. The van der Waals surface area contributed by atoms with Crippen molar-refractivity contribution in [1.82, 2.24) is 9.88 Å². The number of aromatic amines is 1. The first kappa shape index (κ1) is 19.2. The molecule has 0 radical (unpaired) electrons. The molecule has 3 aromatic rings. The maximum Gasteiger partial charge on any atom is 0.307 e. The molecule has 1 aromatic heterocycles. The fraction of sp³-hybridized carbons (Fsp3) is 0.227. The largest absolute Gasteiger partial charge is 0.466 e. The summed E-state index contributed by atoms with van der Waals surface area (Å²) in [5, 5.41) is 1.74. The molecule has 4 rings (SSSR count). The fourth-order valence-corrected chi connectivity index (χ4v) is 3.70. The number of fused-ring (bicyclic) bond motifs is 2. The van der Waals surface area contributed by atoms with Crippen molar-refractivity contribution in [1.29, 1.82) is 0 Å². The Bertz CT molecular complexity index is 1070. The molecule has 7 heteroatoms. The van der Waals surface area contributed by atoms with Crippen LogP contribution in [0.2, 0.25) is 5.02 Å². The summed E-state index contributed by atoms with van der Waals surface area (Å²) in [5.41, 5.74) is 2.89. The van der Waals surface area contributed by atoms with Gasteiger partial charge in [0, 0.05) is 28.7 Å². The minimum Gasteiger partial charge on any atom is -0.466 e. The predicted molar refractivity (Wildman–Crippen MR) is 109 cm³/mol. The Labute approximate surface area is 172 Å². The van der Waals surface area contributed by atoms with Gasteiger partial charge in [-0.1, -0.05) is 23.7 Å². The van der Waals surface area contributed by atoms with Crippen LogP contribution in [0, 0.1) is 0 Å². The van der Waals surface area contributed by atoms with Crippen LogP contribution < -0.4 is 0 Å². The van der Waals surface area contributed by atoms with Gasteiger partial charge in [0.05, 0.1) is 24.2 Å². The van der Waals surface area contributed by atoms with Crippen molar-refractivity contribution >= 4 is 40.3 Å². The average Bonchev–Trinajstić information content (AvgIpc) is 3.23. The number of H-pyrrole nitrogens is 1. The Hall–Kier alpha value is -3.12. The van der Waals surface area contributed by atoms with E-state index in [1.807, 2.05) is 24.4 Å². The highest BCUT2D eigenvalue weighted by atomic mass is 35.5. The number of carbonyl (C=O) groups is 3. The van der Waals surface area contributed by atoms with E-state index in [-0.39, 0.29) is 31.4 Å². The number of nitrogens with one attached hydrogen (secondary N) is 1. The summed E-state index contributed by atoms with van der Waals surface area (Å²) in [5.74, 6) is -1.16. The van der Waals surface area contributed by atoms with Crippen molar-refractivity contribution in [3.63, 3.8) is 0 Å². The minimum atomic E-state index is -0.427. The zero-order valence-corrected chi connectivity index (χ0v) is 16.4. The number of ether oxygens (including phenoxy) is 1. The van der Waals surface area contributed by atoms with Gasteiger partial charge in [0.15, 0.2) is 0 Å². The van der Waals surface area contributed by atoms with Crippen LogP contribution in [-0.4, -0.2) is 40.8 Å². The van der Waals surface area contributed by atoms with Crippen molar-refractivity contribution in [3.05, 3.63) is 70.4 Å². The van der Waals surface area contributed by atoms with Gasteiger partial charge in [-0.05, 0) is 48.7 Å². The van der Waals surface area contributed by atoms with E-state index in [2.05, 4.69) is 4.98 Å². The maximum atomic E-state index is 12.3. The molecular formula is C22H19ClN2O4. The van der Waals surface area contributed by atoms with Crippen molar-refractivity contribution in [2.24, 2.45) is 0 Å². The van der Waals surface area contributed by atoms with Gasteiger partial charge in [0.1, 0.15) is 0 Å². The van der Waals surface area contributed by atoms with Gasteiger partial charge in [-0.25, -0.2) is 0 Å². The predicted octanol–water partition coefficient (Wildman–Crippen LogP) is 3.98. The molecule has 0 saturated heterocycles. The standard InChI is InChI=1S/C22H19ClN2O4/c23-15-7-8-19-18(12-15)14(13-24-19)4-3-11-29-20(26)9-10-25-21(27)16-5-1-2-6-17(16)22(25)28/h1-2,5-8,12-13,24H,3-4,9-11H2. The number of esters is 1. The monoisotopic (exact) mass is 410 g/mol. The Morgan fingerprint density at radius 2 is 1.79 bits per heavy atom. The molecule has 0 fully saturated rings. The first-order valence-corrected chi connectivity index (χ1v) is 9.79. The van der Waals surface area contributed by atoms with Crippen molar-refractivity contribution in [2.45, 2.75) is 19.3 Å². The summed E-state index contributed by atoms with van der Waals surface area (Å²) >= 11 is 6.05. The second-order valence-corrected chi connectivity index (χ2v) is 7.32. The Kier molecular flexibility index (Phi) is 5.36. The number of hydrogen-bond acceptors (Lipinski definition) is 4. The molecule has 0 unspecified atom stereocenters. The van der Waals surface area contributed by atoms with Crippen LogP contribution in [0.15, 0.2) is 48.7 Å². The van der Waals surface area contributed by atoms with E-state index in [0.717, 1.165) is 27.8 Å². The zero-order valence-electron chi connectivity index (χ0n) is 15.6. The van der Waals surface area contributed by atoms with Gasteiger partial charge in [-0.3, -0.25) is 19.3 Å². The van der Waals surface area contributed by atoms with E-state index in [4.69, 9.17) is 16.3 Å². The molecule has 29 heavy (non-hydrogen) atoms. The summed E-state index contributed by atoms with van der Waals surface area (Å²) in [7, 11) is 0. The number of carbonyl (C=O) groups excluding carboxylic acids is 3. The van der Waals surface area contributed by atoms with Gasteiger partial charge >= 0.3 is 5.97 Å². The molecule has 0 bridgehead atoms. The fourth-order valence-electron chi connectivity index (χ4n) is 3.52. The van der Waals surface area contributed by atoms with E-state index in [9.17, 15) is 14.4 Å². The van der Waals surface area contributed by atoms with Crippen molar-refractivity contribution < 1.29 is 19.1 Å². The Morgan fingerprint density at radius 1 is 1.07 bits per heavy atom. The third-order valence-corrected chi connectivity index (χ3v) is 5.24. The molecule has 1 aliphatic rings. The first-order valence-electron chi connectivity index (χ1n) is 9.41. The molecule has 2 heterocycles. The minimum absolute atomic E-state index is 0.0197. The summed E-state index contributed by atoms with van der Waals surface area (Å²) < 4.78 is 5.26. The normalized spacial score (nSPS) is 13.2. The summed E-state index contributed by atoms with van der Waals surface area (Å²) in [4.78, 5) is 40.9. The highest BCUT2D eigenvalue weighted by molar-refractivity contribution is 6.31. The quantitative estimate of drug-likeness (QED) is 0.363. The van der Waals surface area contributed by atoms with Gasteiger partial charge in [-0.15, -0.1) is 0 Å². The molecule has 1 N–H and O–H groups in total. The van der Waals surface area contributed by atoms with Gasteiger partial charge < -0.3 is 9.72 Å². The van der Waals surface area contributed by atoms with Gasteiger partial charge in [0.25, 0.3) is 11.8 Å². The Morgan fingerprint density at radius 3 is 2.52 bits per heavy atom. The number of nitrogens with zero attached hydrogens (tertiary/aromatic N) is 1. The van der Waals surface area contributed by atoms with Crippen LogP contribution in [0.1, 0.15) is 39.1 Å². The number of hydrogen-bond donors (Lipinski definition) is 1. The van der Waals surface area contributed by atoms with Crippen molar-refractivity contribution in [2.75, 3.05) is 13.2 Å². The lowest BCUT2D eigenvalue weighted by Gasteiger charge is -2.13. The molecule has 148 valence electrons. The molecule has 1 aliphatic heterocycles. The molecule has 2 aromatic carbocycles. The lowest BCUT2D eigenvalue weighted by molar-refractivity contribution is -0.143. The van der Waals surface area contributed by atoms with Crippen molar-refractivity contribution in [3.8, 4) is 0 Å². The molecule has 2 amide bonds. The lowest BCUT2D eigenvalue weighted by Crippen LogP contribution is -2.32. The van der Waals surface area contributed by atoms with E-state index in [1.165, 1.54) is 0 Å². The molecule has 0 saturated carbocycles. The first-order chi connectivity index (χ1) is 14.0. The van der Waals surface area contributed by atoms with E-state index >= 15 is 0 Å². The molecule has 0 atom stereocenters. The number of amides is 2. The van der Waals surface area contributed by atoms with Crippen LogP contribution in [0.3, 0.4) is 0 Å². The number of rotatable bonds is 7. The summed E-state index contributed by atoms with van der Waals surface area (Å²) in [6, 6.07) is 12.3. The third kappa shape index (κ3) is 3.89. The zero-order chi connectivity index (χ0) is 20.4. The summed E-state index contributed by atoms with van der Waals surface area (Å²) in [6.45, 7) is 0.292. The van der Waals surface area contributed by atoms with Crippen LogP contribution in [0.25, 0.3) is 10.9 Å². The number of aryl methyl sites for hydroxylation is 1. The third-order valence-electron chi connectivity index (χ3n) is 5.00. The second-order valence-electron chi connectivity index (χ2n) is 6.89. The van der Waals surface area contributed by atoms with Crippen LogP contribution >= 0.6 is 11.6 Å². The average molecular weight is 411 g/mol. The van der Waals surface area contributed by atoms with Crippen LogP contribution in [0.4, 0.5) is 0 Å².